The van der Waals surface area contributed by atoms with E-state index in [9.17, 15) is 9.59 Å². The number of anilines is 1. The molecule has 2 unspecified atom stereocenters. The quantitative estimate of drug-likeness (QED) is 0.862. The van der Waals surface area contributed by atoms with Gasteiger partial charge in [0, 0.05) is 0 Å². The van der Waals surface area contributed by atoms with Crippen molar-refractivity contribution in [3.05, 3.63) is 29.8 Å². The Morgan fingerprint density at radius 3 is 2.14 bits per heavy atom. The molecule has 0 bridgehead atoms. The van der Waals surface area contributed by atoms with Crippen LogP contribution in [0, 0.1) is 17.8 Å². The maximum atomic E-state index is 12.6. The molecule has 1 aromatic carbocycles. The van der Waals surface area contributed by atoms with E-state index >= 15 is 0 Å². The summed E-state index contributed by atoms with van der Waals surface area (Å²) in [5.41, 5.74) is 7.37. The van der Waals surface area contributed by atoms with Gasteiger partial charge < -0.3 is 5.73 Å². The van der Waals surface area contributed by atoms with Gasteiger partial charge in [-0.2, -0.15) is 0 Å². The molecule has 4 heteroatoms. The molecular formula is C17H22N2O2. The number of amides is 2. The second-order valence-electron chi connectivity index (χ2n) is 6.18. The normalized spacial score (nSPS) is 28.3. The molecule has 4 nitrogen and oxygen atoms in total. The van der Waals surface area contributed by atoms with Crippen molar-refractivity contribution in [1.29, 1.82) is 0 Å². The molecule has 1 saturated heterocycles. The molecular weight excluding hydrogens is 264 g/mol. The van der Waals surface area contributed by atoms with Crippen LogP contribution in [0.5, 0.6) is 0 Å². The van der Waals surface area contributed by atoms with Crippen molar-refractivity contribution in [1.82, 2.24) is 0 Å². The zero-order chi connectivity index (χ0) is 15.0. The Balaban J connectivity index is 1.81. The van der Waals surface area contributed by atoms with Gasteiger partial charge in [0.2, 0.25) is 11.8 Å². The van der Waals surface area contributed by atoms with Crippen molar-refractivity contribution in [2.24, 2.45) is 23.5 Å². The molecule has 1 aromatic rings. The molecule has 0 aromatic heterocycles. The second-order valence-corrected chi connectivity index (χ2v) is 6.18. The minimum Gasteiger partial charge on any atom is -0.330 e. The predicted octanol–water partition coefficient (Wildman–Crippen LogP) is 2.11. The van der Waals surface area contributed by atoms with Gasteiger partial charge in [-0.1, -0.05) is 25.5 Å². The SMILES string of the molecule is CCC1CC2C(=O)N(c3ccc(CCN)cc3)C(=O)C2C1. The molecule has 112 valence electrons. The van der Waals surface area contributed by atoms with Crippen LogP contribution >= 0.6 is 0 Å². The third-order valence-electron chi connectivity index (χ3n) is 4.94. The first-order chi connectivity index (χ1) is 10.2. The third kappa shape index (κ3) is 2.38. The average molecular weight is 286 g/mol. The van der Waals surface area contributed by atoms with E-state index in [0.717, 1.165) is 31.2 Å². The van der Waals surface area contributed by atoms with E-state index in [1.54, 1.807) is 0 Å². The predicted molar refractivity (Wildman–Crippen MR) is 81.7 cm³/mol. The summed E-state index contributed by atoms with van der Waals surface area (Å²) >= 11 is 0. The molecule has 2 atom stereocenters. The fourth-order valence-corrected chi connectivity index (χ4v) is 3.70. The number of fused-ring (bicyclic) bond motifs is 1. The highest BCUT2D eigenvalue weighted by Gasteiger charge is 2.52. The van der Waals surface area contributed by atoms with Crippen LogP contribution in [0.25, 0.3) is 0 Å². The van der Waals surface area contributed by atoms with Crippen LogP contribution in [0.2, 0.25) is 0 Å². The highest BCUT2D eigenvalue weighted by Crippen LogP contribution is 2.45. The summed E-state index contributed by atoms with van der Waals surface area (Å²) in [5, 5.41) is 0. The smallest absolute Gasteiger partial charge is 0.237 e. The molecule has 0 radical (unpaired) electrons. The summed E-state index contributed by atoms with van der Waals surface area (Å²) < 4.78 is 0. The van der Waals surface area contributed by atoms with Gasteiger partial charge in [0.1, 0.15) is 0 Å². The monoisotopic (exact) mass is 286 g/mol. The molecule has 2 N–H and O–H groups in total. The van der Waals surface area contributed by atoms with Gasteiger partial charge in [-0.3, -0.25) is 14.5 Å². The van der Waals surface area contributed by atoms with E-state index < -0.39 is 0 Å². The first kappa shape index (κ1) is 14.3. The molecule has 2 aliphatic rings. The van der Waals surface area contributed by atoms with Crippen molar-refractivity contribution in [2.75, 3.05) is 11.4 Å². The van der Waals surface area contributed by atoms with Crippen LogP contribution < -0.4 is 10.6 Å². The number of imide groups is 1. The van der Waals surface area contributed by atoms with Crippen LogP contribution in [-0.4, -0.2) is 18.4 Å². The van der Waals surface area contributed by atoms with Gasteiger partial charge in [0.15, 0.2) is 0 Å². The van der Waals surface area contributed by atoms with E-state index in [4.69, 9.17) is 5.73 Å². The lowest BCUT2D eigenvalue weighted by Gasteiger charge is -2.18. The van der Waals surface area contributed by atoms with Crippen molar-refractivity contribution in [2.45, 2.75) is 32.6 Å². The number of rotatable bonds is 4. The number of nitrogens with zero attached hydrogens (tertiary/aromatic N) is 1. The zero-order valence-corrected chi connectivity index (χ0v) is 12.4. The third-order valence-corrected chi connectivity index (χ3v) is 4.94. The van der Waals surface area contributed by atoms with E-state index in [1.165, 1.54) is 4.90 Å². The Morgan fingerprint density at radius 2 is 1.67 bits per heavy atom. The second kappa shape index (κ2) is 5.60. The van der Waals surface area contributed by atoms with Crippen LogP contribution in [0.15, 0.2) is 24.3 Å². The first-order valence-corrected chi connectivity index (χ1v) is 7.82. The standard InChI is InChI=1S/C17H22N2O2/c1-2-11-9-14-15(10-11)17(21)19(16(14)20)13-5-3-12(4-6-13)7-8-18/h3-6,11,14-15H,2,7-10,18H2,1H3. The Bertz CT molecular complexity index is 528. The van der Waals surface area contributed by atoms with Crippen LogP contribution in [0.3, 0.4) is 0 Å². The van der Waals surface area contributed by atoms with Crippen molar-refractivity contribution >= 4 is 17.5 Å². The highest BCUT2D eigenvalue weighted by atomic mass is 16.2. The average Bonchev–Trinajstić information content (AvgIpc) is 3.01. The van der Waals surface area contributed by atoms with Crippen molar-refractivity contribution < 1.29 is 9.59 Å². The van der Waals surface area contributed by atoms with Gasteiger partial charge in [-0.15, -0.1) is 0 Å². The summed E-state index contributed by atoms with van der Waals surface area (Å²) in [5.74, 6) is 0.333. The van der Waals surface area contributed by atoms with Crippen molar-refractivity contribution in [3.63, 3.8) is 0 Å². The number of carbonyl (C=O) groups excluding carboxylic acids is 2. The van der Waals surface area contributed by atoms with E-state index in [0.29, 0.717) is 18.2 Å². The first-order valence-electron chi connectivity index (χ1n) is 7.82. The van der Waals surface area contributed by atoms with Gasteiger partial charge in [0.05, 0.1) is 17.5 Å². The van der Waals surface area contributed by atoms with Crippen LogP contribution in [0.4, 0.5) is 5.69 Å². The Kier molecular flexibility index (Phi) is 3.81. The molecule has 3 rings (SSSR count). The van der Waals surface area contributed by atoms with Crippen molar-refractivity contribution in [3.8, 4) is 0 Å². The number of hydrogen-bond donors (Lipinski definition) is 1. The summed E-state index contributed by atoms with van der Waals surface area (Å²) in [6, 6.07) is 7.62. The Hall–Kier alpha value is -1.68. The molecule has 1 saturated carbocycles. The number of nitrogens with two attached hydrogens (primary N) is 1. The molecule has 0 spiro atoms. The summed E-state index contributed by atoms with van der Waals surface area (Å²) in [4.78, 5) is 26.5. The maximum Gasteiger partial charge on any atom is 0.237 e. The number of benzene rings is 1. The number of carbonyl (C=O) groups is 2. The Labute approximate surface area is 125 Å². The topological polar surface area (TPSA) is 63.4 Å². The van der Waals surface area contributed by atoms with E-state index in [-0.39, 0.29) is 23.7 Å². The van der Waals surface area contributed by atoms with Gasteiger partial charge >= 0.3 is 0 Å². The fraction of sp³-hybridized carbons (Fsp3) is 0.529. The summed E-state index contributed by atoms with van der Waals surface area (Å²) in [7, 11) is 0. The largest absolute Gasteiger partial charge is 0.330 e. The lowest BCUT2D eigenvalue weighted by Crippen LogP contribution is -2.32. The van der Waals surface area contributed by atoms with Gasteiger partial charge in [0.25, 0.3) is 0 Å². The van der Waals surface area contributed by atoms with Crippen LogP contribution in [-0.2, 0) is 16.0 Å². The summed E-state index contributed by atoms with van der Waals surface area (Å²) in [6.45, 7) is 2.73. The van der Waals surface area contributed by atoms with E-state index in [2.05, 4.69) is 6.92 Å². The fourth-order valence-electron chi connectivity index (χ4n) is 3.70. The maximum absolute atomic E-state index is 12.6. The van der Waals surface area contributed by atoms with Crippen LogP contribution in [0.1, 0.15) is 31.7 Å². The molecule has 1 aliphatic heterocycles. The van der Waals surface area contributed by atoms with Gasteiger partial charge in [-0.05, 0) is 49.4 Å². The van der Waals surface area contributed by atoms with Gasteiger partial charge in [-0.25, -0.2) is 0 Å². The summed E-state index contributed by atoms with van der Waals surface area (Å²) in [6.07, 6.45) is 3.61. The zero-order valence-electron chi connectivity index (χ0n) is 12.4. The Morgan fingerprint density at radius 1 is 1.10 bits per heavy atom. The lowest BCUT2D eigenvalue weighted by molar-refractivity contribution is -0.123. The molecule has 2 fully saturated rings. The highest BCUT2D eigenvalue weighted by molar-refractivity contribution is 6.22. The molecule has 1 aliphatic carbocycles. The molecule has 21 heavy (non-hydrogen) atoms. The number of hydrogen-bond acceptors (Lipinski definition) is 3. The minimum absolute atomic E-state index is 0.00692. The lowest BCUT2D eigenvalue weighted by atomic mass is 10.00. The van der Waals surface area contributed by atoms with E-state index in [1.807, 2.05) is 24.3 Å². The minimum atomic E-state index is -0.0915. The molecule has 1 heterocycles. The molecule has 2 amide bonds.